The Morgan fingerprint density at radius 2 is 1.54 bits per heavy atom. The first-order valence-electron chi connectivity index (χ1n) is 9.70. The maximum atomic E-state index is 12.1. The second-order valence-corrected chi connectivity index (χ2v) is 6.57. The molecule has 1 aromatic carbocycles. The van der Waals surface area contributed by atoms with Crippen molar-refractivity contribution < 1.29 is 19.1 Å². The zero-order valence-corrected chi connectivity index (χ0v) is 16.4. The van der Waals surface area contributed by atoms with Gasteiger partial charge in [0.15, 0.2) is 0 Å². The largest absolute Gasteiger partial charge is 0.497 e. The van der Waals surface area contributed by atoms with Crippen LogP contribution in [0.15, 0.2) is 24.3 Å². The normalized spacial score (nSPS) is 11.7. The number of carbonyl (C=O) groups excluding carboxylic acids is 2. The maximum Gasteiger partial charge on any atom is 0.328 e. The molecule has 0 saturated heterocycles. The highest BCUT2D eigenvalue weighted by molar-refractivity contribution is 5.96. The van der Waals surface area contributed by atoms with Crippen LogP contribution in [0, 0.1) is 0 Å². The number of nitrogens with one attached hydrogen (secondary N) is 1. The lowest BCUT2D eigenvalue weighted by Gasteiger charge is -2.13. The van der Waals surface area contributed by atoms with Crippen LogP contribution in [-0.2, 0) is 9.53 Å². The van der Waals surface area contributed by atoms with Gasteiger partial charge < -0.3 is 14.8 Å². The van der Waals surface area contributed by atoms with Crippen molar-refractivity contribution in [2.45, 2.75) is 71.3 Å². The molecule has 1 rings (SSSR count). The number of methoxy groups -OCH3 is 1. The summed E-state index contributed by atoms with van der Waals surface area (Å²) < 4.78 is 10.3. The topological polar surface area (TPSA) is 64.6 Å². The Morgan fingerprint density at radius 3 is 2.12 bits per heavy atom. The Kier molecular flexibility index (Phi) is 11.2. The summed E-state index contributed by atoms with van der Waals surface area (Å²) in [6, 6.07) is 6.07. The van der Waals surface area contributed by atoms with Crippen molar-refractivity contribution in [2.24, 2.45) is 0 Å². The van der Waals surface area contributed by atoms with E-state index in [4.69, 9.17) is 9.47 Å². The van der Waals surface area contributed by atoms with Crippen LogP contribution in [0.25, 0.3) is 0 Å². The Hall–Kier alpha value is -2.04. The fourth-order valence-electron chi connectivity index (χ4n) is 2.62. The molecule has 0 bridgehead atoms. The molecule has 5 heteroatoms. The van der Waals surface area contributed by atoms with Crippen LogP contribution < -0.4 is 10.1 Å². The molecule has 0 aliphatic carbocycles. The molecule has 0 aliphatic heterocycles. The SMILES string of the molecule is CCCCCCCCCCOC(=O)C(C)NC(=O)c1ccc(OC)cc1. The molecule has 0 fully saturated rings. The van der Waals surface area contributed by atoms with Gasteiger partial charge in [-0.3, -0.25) is 4.79 Å². The molecule has 146 valence electrons. The third-order valence-corrected chi connectivity index (χ3v) is 4.30. The van der Waals surface area contributed by atoms with Crippen LogP contribution in [0.2, 0.25) is 0 Å². The van der Waals surface area contributed by atoms with Crippen LogP contribution >= 0.6 is 0 Å². The van der Waals surface area contributed by atoms with Crippen molar-refractivity contribution in [3.8, 4) is 5.75 Å². The molecule has 1 N–H and O–H groups in total. The average molecular weight is 363 g/mol. The first-order chi connectivity index (χ1) is 12.6. The summed E-state index contributed by atoms with van der Waals surface area (Å²) in [6.45, 7) is 4.27. The summed E-state index contributed by atoms with van der Waals surface area (Å²) in [5, 5.41) is 2.66. The van der Waals surface area contributed by atoms with Gasteiger partial charge in [0.1, 0.15) is 11.8 Å². The smallest absolute Gasteiger partial charge is 0.328 e. The second kappa shape index (κ2) is 13.2. The van der Waals surface area contributed by atoms with Gasteiger partial charge in [-0.15, -0.1) is 0 Å². The highest BCUT2D eigenvalue weighted by atomic mass is 16.5. The molecule has 0 heterocycles. The highest BCUT2D eigenvalue weighted by Gasteiger charge is 2.17. The van der Waals surface area contributed by atoms with Gasteiger partial charge in [-0.2, -0.15) is 0 Å². The summed E-state index contributed by atoms with van der Waals surface area (Å²) in [5.41, 5.74) is 0.480. The van der Waals surface area contributed by atoms with Crippen molar-refractivity contribution in [1.82, 2.24) is 5.32 Å². The van der Waals surface area contributed by atoms with Crippen molar-refractivity contribution in [2.75, 3.05) is 13.7 Å². The molecule has 1 amide bonds. The van der Waals surface area contributed by atoms with Gasteiger partial charge in [0.05, 0.1) is 13.7 Å². The maximum absolute atomic E-state index is 12.1. The van der Waals surface area contributed by atoms with Gasteiger partial charge in [-0.05, 0) is 37.6 Å². The molecule has 26 heavy (non-hydrogen) atoms. The van der Waals surface area contributed by atoms with Gasteiger partial charge in [0.2, 0.25) is 0 Å². The summed E-state index contributed by atoms with van der Waals surface area (Å²) in [5.74, 6) is -0.0154. The number of carbonyl (C=O) groups is 2. The molecule has 0 aromatic heterocycles. The van der Waals surface area contributed by atoms with Gasteiger partial charge in [-0.25, -0.2) is 4.79 Å². The van der Waals surface area contributed by atoms with E-state index >= 15 is 0 Å². The van der Waals surface area contributed by atoms with Crippen molar-refractivity contribution in [3.05, 3.63) is 29.8 Å². The first kappa shape index (κ1) is 22.0. The monoisotopic (exact) mass is 363 g/mol. The van der Waals surface area contributed by atoms with E-state index in [-0.39, 0.29) is 5.91 Å². The van der Waals surface area contributed by atoms with Gasteiger partial charge in [0.25, 0.3) is 5.91 Å². The van der Waals surface area contributed by atoms with Crippen molar-refractivity contribution in [3.63, 3.8) is 0 Å². The summed E-state index contributed by atoms with van der Waals surface area (Å²) in [7, 11) is 1.57. The number of hydrogen-bond donors (Lipinski definition) is 1. The number of amides is 1. The number of rotatable bonds is 13. The molecular weight excluding hydrogens is 330 g/mol. The van der Waals surface area contributed by atoms with E-state index in [0.29, 0.717) is 17.9 Å². The van der Waals surface area contributed by atoms with Crippen molar-refractivity contribution >= 4 is 11.9 Å². The quantitative estimate of drug-likeness (QED) is 0.414. The lowest BCUT2D eigenvalue weighted by Crippen LogP contribution is -2.39. The van der Waals surface area contributed by atoms with Gasteiger partial charge >= 0.3 is 5.97 Å². The minimum atomic E-state index is -0.668. The van der Waals surface area contributed by atoms with E-state index in [1.54, 1.807) is 38.3 Å². The summed E-state index contributed by atoms with van der Waals surface area (Å²) in [6.07, 6.45) is 9.58. The number of unbranched alkanes of at least 4 members (excludes halogenated alkanes) is 7. The zero-order valence-electron chi connectivity index (χ0n) is 16.4. The standard InChI is InChI=1S/C21H33NO4/c1-4-5-6-7-8-9-10-11-16-26-21(24)17(2)22-20(23)18-12-14-19(25-3)15-13-18/h12-15,17H,4-11,16H2,1-3H3,(H,22,23). The van der Waals surface area contributed by atoms with Crippen LogP contribution in [0.1, 0.15) is 75.6 Å². The molecule has 0 radical (unpaired) electrons. The molecule has 0 aliphatic rings. The zero-order chi connectivity index (χ0) is 19.2. The lowest BCUT2D eigenvalue weighted by molar-refractivity contribution is -0.145. The predicted molar refractivity (Wildman–Crippen MR) is 103 cm³/mol. The Morgan fingerprint density at radius 1 is 0.962 bits per heavy atom. The molecule has 0 spiro atoms. The number of hydrogen-bond acceptors (Lipinski definition) is 4. The minimum Gasteiger partial charge on any atom is -0.497 e. The van der Waals surface area contributed by atoms with Crippen LogP contribution in [0.4, 0.5) is 0 Å². The van der Waals surface area contributed by atoms with Gasteiger partial charge in [0, 0.05) is 5.56 Å². The third-order valence-electron chi connectivity index (χ3n) is 4.30. The van der Waals surface area contributed by atoms with Crippen LogP contribution in [-0.4, -0.2) is 31.6 Å². The Labute approximate surface area is 157 Å². The lowest BCUT2D eigenvalue weighted by atomic mass is 10.1. The van der Waals surface area contributed by atoms with E-state index in [1.807, 2.05) is 0 Å². The molecule has 1 unspecified atom stereocenters. The minimum absolute atomic E-state index is 0.302. The highest BCUT2D eigenvalue weighted by Crippen LogP contribution is 2.11. The molecule has 1 aromatic rings. The van der Waals surface area contributed by atoms with E-state index in [0.717, 1.165) is 12.8 Å². The first-order valence-corrected chi connectivity index (χ1v) is 9.70. The van der Waals surface area contributed by atoms with E-state index < -0.39 is 12.0 Å². The summed E-state index contributed by atoms with van der Waals surface area (Å²) in [4.78, 5) is 24.1. The second-order valence-electron chi connectivity index (χ2n) is 6.57. The van der Waals surface area contributed by atoms with E-state index in [2.05, 4.69) is 12.2 Å². The molecular formula is C21H33NO4. The van der Waals surface area contributed by atoms with Gasteiger partial charge in [-0.1, -0.05) is 51.9 Å². The van der Waals surface area contributed by atoms with Crippen LogP contribution in [0.3, 0.4) is 0 Å². The Bertz CT molecular complexity index is 527. The third kappa shape index (κ3) is 8.88. The number of esters is 1. The average Bonchev–Trinajstić information content (AvgIpc) is 2.66. The van der Waals surface area contributed by atoms with E-state index in [1.165, 1.54) is 38.5 Å². The predicted octanol–water partition coefficient (Wildman–Crippen LogP) is 4.50. The Balaban J connectivity index is 2.16. The number of ether oxygens (including phenoxy) is 2. The molecule has 0 saturated carbocycles. The number of benzene rings is 1. The fraction of sp³-hybridized carbons (Fsp3) is 0.619. The van der Waals surface area contributed by atoms with E-state index in [9.17, 15) is 9.59 Å². The summed E-state index contributed by atoms with van der Waals surface area (Å²) >= 11 is 0. The van der Waals surface area contributed by atoms with Crippen LogP contribution in [0.5, 0.6) is 5.75 Å². The van der Waals surface area contributed by atoms with Crippen molar-refractivity contribution in [1.29, 1.82) is 0 Å². The molecule has 1 atom stereocenters. The molecule has 5 nitrogen and oxygen atoms in total. The fourth-order valence-corrected chi connectivity index (χ4v) is 2.62.